The van der Waals surface area contributed by atoms with Gasteiger partial charge in [0.25, 0.3) is 0 Å². The standard InChI is InChI=1S/C27H35N5O2/c1-19(33)32-13-8-25(30-21-9-14-34-15-10-21)24(18-32)27(28)22-7-5-6-20-16-26(29-17-23(20)22)31-11-3-2-4-12-31/h5-7,16-17,21,28,30H,2-4,8-15,18H2,1H3. The molecule has 2 saturated heterocycles. The van der Waals surface area contributed by atoms with Crippen molar-refractivity contribution in [2.24, 2.45) is 0 Å². The molecule has 0 radical (unpaired) electrons. The average Bonchev–Trinajstić information content (AvgIpc) is 2.89. The van der Waals surface area contributed by atoms with E-state index in [0.29, 0.717) is 24.8 Å². The van der Waals surface area contributed by atoms with Crippen LogP contribution in [0.15, 0.2) is 41.7 Å². The number of anilines is 1. The Bertz CT molecular complexity index is 1100. The monoisotopic (exact) mass is 461 g/mol. The van der Waals surface area contributed by atoms with Gasteiger partial charge in [-0.3, -0.25) is 10.2 Å². The Kier molecular flexibility index (Phi) is 6.81. The molecule has 4 heterocycles. The number of amides is 1. The summed E-state index contributed by atoms with van der Waals surface area (Å²) < 4.78 is 5.52. The Morgan fingerprint density at radius 2 is 1.94 bits per heavy atom. The van der Waals surface area contributed by atoms with E-state index in [9.17, 15) is 10.2 Å². The molecule has 1 amide bonds. The lowest BCUT2D eigenvalue weighted by atomic mass is 9.92. The number of ether oxygens (including phenoxy) is 1. The topological polar surface area (TPSA) is 81.6 Å². The van der Waals surface area contributed by atoms with Crippen LogP contribution in [0.3, 0.4) is 0 Å². The van der Waals surface area contributed by atoms with Gasteiger partial charge in [0.05, 0.1) is 5.71 Å². The van der Waals surface area contributed by atoms with Gasteiger partial charge in [0, 0.05) is 87.2 Å². The van der Waals surface area contributed by atoms with E-state index in [0.717, 1.165) is 79.0 Å². The molecule has 7 nitrogen and oxygen atoms in total. The van der Waals surface area contributed by atoms with Crippen LogP contribution < -0.4 is 10.2 Å². The second-order valence-corrected chi connectivity index (χ2v) is 9.67. The van der Waals surface area contributed by atoms with Crippen molar-refractivity contribution in [2.75, 3.05) is 44.3 Å². The number of fused-ring (bicyclic) bond motifs is 1. The normalized spacial score (nSPS) is 20.0. The number of pyridine rings is 1. The molecular weight excluding hydrogens is 426 g/mol. The number of nitrogens with one attached hydrogen (secondary N) is 2. The third kappa shape index (κ3) is 4.80. The lowest BCUT2D eigenvalue weighted by molar-refractivity contribution is -0.128. The zero-order valence-electron chi connectivity index (χ0n) is 20.1. The van der Waals surface area contributed by atoms with Crippen LogP contribution in [0, 0.1) is 5.41 Å². The van der Waals surface area contributed by atoms with E-state index >= 15 is 0 Å². The molecule has 1 aromatic heterocycles. The van der Waals surface area contributed by atoms with Crippen LogP contribution in [0.1, 0.15) is 51.0 Å². The van der Waals surface area contributed by atoms with Crippen molar-refractivity contribution in [1.82, 2.24) is 15.2 Å². The van der Waals surface area contributed by atoms with Gasteiger partial charge in [-0.15, -0.1) is 0 Å². The van der Waals surface area contributed by atoms with Crippen molar-refractivity contribution in [3.8, 4) is 0 Å². The number of piperidine rings is 1. The van der Waals surface area contributed by atoms with Crippen LogP contribution in [0.4, 0.5) is 5.82 Å². The first-order valence-corrected chi connectivity index (χ1v) is 12.6. The molecule has 7 heteroatoms. The minimum atomic E-state index is 0.0566. The van der Waals surface area contributed by atoms with E-state index in [2.05, 4.69) is 22.3 Å². The first-order valence-electron chi connectivity index (χ1n) is 12.6. The summed E-state index contributed by atoms with van der Waals surface area (Å²) in [5.74, 6) is 1.08. The quantitative estimate of drug-likeness (QED) is 0.661. The molecule has 0 bridgehead atoms. The maximum absolute atomic E-state index is 12.2. The van der Waals surface area contributed by atoms with Crippen molar-refractivity contribution in [2.45, 2.75) is 51.5 Å². The van der Waals surface area contributed by atoms with E-state index in [1.165, 1.54) is 19.3 Å². The predicted octanol–water partition coefficient (Wildman–Crippen LogP) is 3.87. The van der Waals surface area contributed by atoms with Crippen LogP contribution in [-0.2, 0) is 9.53 Å². The molecule has 3 aliphatic rings. The molecule has 0 aliphatic carbocycles. The molecule has 0 atom stereocenters. The number of benzene rings is 1. The van der Waals surface area contributed by atoms with E-state index in [-0.39, 0.29) is 5.91 Å². The zero-order valence-corrected chi connectivity index (χ0v) is 20.1. The molecule has 34 heavy (non-hydrogen) atoms. The minimum Gasteiger partial charge on any atom is -0.385 e. The molecule has 2 N–H and O–H groups in total. The predicted molar refractivity (Wildman–Crippen MR) is 136 cm³/mol. The van der Waals surface area contributed by atoms with Gasteiger partial charge >= 0.3 is 0 Å². The summed E-state index contributed by atoms with van der Waals surface area (Å²) in [6, 6.07) is 8.68. The van der Waals surface area contributed by atoms with Crippen LogP contribution in [-0.4, -0.2) is 66.9 Å². The van der Waals surface area contributed by atoms with E-state index < -0.39 is 0 Å². The average molecular weight is 462 g/mol. The molecule has 0 unspecified atom stereocenters. The van der Waals surface area contributed by atoms with E-state index in [1.54, 1.807) is 6.92 Å². The van der Waals surface area contributed by atoms with Crippen LogP contribution in [0.5, 0.6) is 0 Å². The van der Waals surface area contributed by atoms with Crippen molar-refractivity contribution in [3.05, 3.63) is 47.3 Å². The van der Waals surface area contributed by atoms with E-state index in [4.69, 9.17) is 9.72 Å². The molecule has 1 aromatic carbocycles. The van der Waals surface area contributed by atoms with Crippen molar-refractivity contribution in [1.29, 1.82) is 5.41 Å². The van der Waals surface area contributed by atoms with E-state index in [1.807, 2.05) is 23.2 Å². The number of nitrogens with zero attached hydrogens (tertiary/aromatic N) is 3. The number of carbonyl (C=O) groups is 1. The SMILES string of the molecule is CC(=O)N1CCC(NC2CCOCC2)=C(C(=N)c2cccc3cc(N4CCCCC4)ncc23)C1. The Hall–Kier alpha value is -2.93. The van der Waals surface area contributed by atoms with Crippen LogP contribution in [0.25, 0.3) is 10.8 Å². The molecule has 5 rings (SSSR count). The summed E-state index contributed by atoms with van der Waals surface area (Å²) in [4.78, 5) is 21.2. The molecule has 2 fully saturated rings. The lowest BCUT2D eigenvalue weighted by Crippen LogP contribution is -2.43. The second-order valence-electron chi connectivity index (χ2n) is 9.67. The van der Waals surface area contributed by atoms with Crippen molar-refractivity contribution < 1.29 is 9.53 Å². The van der Waals surface area contributed by atoms with Gasteiger partial charge in [-0.05, 0) is 43.6 Å². The van der Waals surface area contributed by atoms with Gasteiger partial charge in [-0.1, -0.05) is 18.2 Å². The maximum atomic E-state index is 12.2. The van der Waals surface area contributed by atoms with Gasteiger partial charge < -0.3 is 19.9 Å². The third-order valence-corrected chi connectivity index (χ3v) is 7.39. The summed E-state index contributed by atoms with van der Waals surface area (Å²) in [5, 5.41) is 15.1. The van der Waals surface area contributed by atoms with Crippen molar-refractivity contribution >= 4 is 28.2 Å². The fourth-order valence-electron chi connectivity index (χ4n) is 5.35. The number of carbonyl (C=O) groups excluding carboxylic acids is 1. The first-order chi connectivity index (χ1) is 16.6. The number of hydrogen-bond acceptors (Lipinski definition) is 6. The molecular formula is C27H35N5O2. The second kappa shape index (κ2) is 10.1. The molecule has 3 aliphatic heterocycles. The lowest BCUT2D eigenvalue weighted by Gasteiger charge is -2.34. The number of rotatable bonds is 5. The summed E-state index contributed by atoms with van der Waals surface area (Å²) in [6.07, 6.45) is 8.35. The molecule has 180 valence electrons. The Balaban J connectivity index is 1.48. The van der Waals surface area contributed by atoms with Crippen LogP contribution >= 0.6 is 0 Å². The highest BCUT2D eigenvalue weighted by atomic mass is 16.5. The van der Waals surface area contributed by atoms with Gasteiger partial charge in [0.1, 0.15) is 5.82 Å². The zero-order chi connectivity index (χ0) is 23.5. The highest BCUT2D eigenvalue weighted by Gasteiger charge is 2.27. The summed E-state index contributed by atoms with van der Waals surface area (Å²) >= 11 is 0. The highest BCUT2D eigenvalue weighted by Crippen LogP contribution is 2.28. The Morgan fingerprint density at radius 1 is 1.15 bits per heavy atom. The van der Waals surface area contributed by atoms with Gasteiger partial charge in [0.2, 0.25) is 5.91 Å². The molecule has 0 spiro atoms. The first kappa shape index (κ1) is 22.8. The Labute approximate surface area is 201 Å². The minimum absolute atomic E-state index is 0.0566. The fraction of sp³-hybridized carbons (Fsp3) is 0.519. The number of aromatic nitrogens is 1. The van der Waals surface area contributed by atoms with Crippen LogP contribution in [0.2, 0.25) is 0 Å². The fourth-order valence-corrected chi connectivity index (χ4v) is 5.35. The highest BCUT2D eigenvalue weighted by molar-refractivity contribution is 6.18. The van der Waals surface area contributed by atoms with Gasteiger partial charge in [0.15, 0.2) is 0 Å². The molecule has 2 aromatic rings. The summed E-state index contributed by atoms with van der Waals surface area (Å²) in [7, 11) is 0. The largest absolute Gasteiger partial charge is 0.385 e. The number of hydrogen-bond donors (Lipinski definition) is 2. The maximum Gasteiger partial charge on any atom is 0.219 e. The smallest absolute Gasteiger partial charge is 0.219 e. The summed E-state index contributed by atoms with van der Waals surface area (Å²) in [5.41, 5.74) is 3.38. The summed E-state index contributed by atoms with van der Waals surface area (Å²) in [6.45, 7) is 6.43. The Morgan fingerprint density at radius 3 is 2.71 bits per heavy atom. The molecule has 0 saturated carbocycles. The van der Waals surface area contributed by atoms with Gasteiger partial charge in [-0.2, -0.15) is 0 Å². The van der Waals surface area contributed by atoms with Gasteiger partial charge in [-0.25, -0.2) is 4.98 Å². The third-order valence-electron chi connectivity index (χ3n) is 7.39. The van der Waals surface area contributed by atoms with Crippen molar-refractivity contribution in [3.63, 3.8) is 0 Å².